The summed E-state index contributed by atoms with van der Waals surface area (Å²) in [6.07, 6.45) is 11.0. The van der Waals surface area contributed by atoms with E-state index in [0.29, 0.717) is 0 Å². The van der Waals surface area contributed by atoms with Crippen molar-refractivity contribution < 1.29 is 0 Å². The van der Waals surface area contributed by atoms with Crippen molar-refractivity contribution in [3.63, 3.8) is 0 Å². The molecule has 0 N–H and O–H groups in total. The van der Waals surface area contributed by atoms with E-state index in [2.05, 4.69) is 165 Å². The van der Waals surface area contributed by atoms with Crippen molar-refractivity contribution in [3.8, 4) is 21.1 Å². The number of benzene rings is 5. The summed E-state index contributed by atoms with van der Waals surface area (Å²) in [5, 5.41) is 7.44. The molecule has 0 radical (unpaired) electrons. The fourth-order valence-corrected chi connectivity index (χ4v) is 9.26. The third kappa shape index (κ3) is 3.89. The summed E-state index contributed by atoms with van der Waals surface area (Å²) in [6, 6.07) is 48.6. The number of hydrogen-bond donors (Lipinski definition) is 0. The van der Waals surface area contributed by atoms with Gasteiger partial charge in [-0.05, 0) is 97.3 Å². The van der Waals surface area contributed by atoms with Gasteiger partial charge < -0.3 is 13.7 Å². The first-order valence-corrected chi connectivity index (χ1v) is 18.0. The highest BCUT2D eigenvalue weighted by atomic mass is 32.1. The lowest BCUT2D eigenvalue weighted by Gasteiger charge is -2.12. The number of rotatable bonds is 4. The van der Waals surface area contributed by atoms with Gasteiger partial charge in [-0.3, -0.25) is 4.98 Å². The van der Waals surface area contributed by atoms with Crippen LogP contribution in [0.3, 0.4) is 0 Å². The van der Waals surface area contributed by atoms with Gasteiger partial charge in [0.05, 0.1) is 38.6 Å². The summed E-state index contributed by atoms with van der Waals surface area (Å²) in [7, 11) is 0. The Morgan fingerprint density at radius 1 is 0.540 bits per heavy atom. The third-order valence-electron chi connectivity index (χ3n) is 10.3. The number of hydrogen-bond acceptors (Lipinski definition) is 2. The average molecular weight is 659 g/mol. The Morgan fingerprint density at radius 2 is 1.30 bits per heavy atom. The second kappa shape index (κ2) is 10.7. The molecule has 0 saturated carbocycles. The standard InChI is InChI=1S/C45H30N4S/c1-3-12-30(13-4-1)47-36-18-9-7-16-32(36)35-28-29(21-23-38(35)47)41-25-26-42(50-41)49-37-19-10-8-17-33(37)43-39(49)24-22-34-44-40(20-11-27-46-44)48(45(34)43)31-14-5-2-6-15-31/h1,3-5,7-28H,2,6H2. The van der Waals surface area contributed by atoms with Gasteiger partial charge in [-0.25, -0.2) is 0 Å². The normalized spacial score (nSPS) is 13.5. The van der Waals surface area contributed by atoms with Crippen LogP contribution < -0.4 is 0 Å². The smallest absolute Gasteiger partial charge is 0.101 e. The number of allylic oxidation sites excluding steroid dienone is 4. The second-order valence-electron chi connectivity index (χ2n) is 13.1. The molecule has 5 aromatic heterocycles. The Bertz CT molecular complexity index is 3040. The van der Waals surface area contributed by atoms with Crippen LogP contribution in [0.5, 0.6) is 0 Å². The van der Waals surface area contributed by atoms with Crippen molar-refractivity contribution in [1.82, 2.24) is 18.7 Å². The number of nitrogens with zero attached hydrogens (tertiary/aromatic N) is 4. The molecule has 0 aliphatic heterocycles. The molecule has 1 aliphatic carbocycles. The summed E-state index contributed by atoms with van der Waals surface area (Å²) in [4.78, 5) is 6.15. The van der Waals surface area contributed by atoms with Gasteiger partial charge in [0.1, 0.15) is 5.00 Å². The van der Waals surface area contributed by atoms with Crippen LogP contribution in [-0.4, -0.2) is 18.7 Å². The lowest BCUT2D eigenvalue weighted by atomic mass is 10.1. The highest BCUT2D eigenvalue weighted by Gasteiger charge is 2.22. The second-order valence-corrected chi connectivity index (χ2v) is 14.1. The molecular formula is C45H30N4S. The molecule has 1 aliphatic rings. The van der Waals surface area contributed by atoms with Crippen LogP contribution in [0.1, 0.15) is 12.8 Å². The molecule has 0 bridgehead atoms. The number of pyridine rings is 1. The predicted octanol–water partition coefficient (Wildman–Crippen LogP) is 12.3. The van der Waals surface area contributed by atoms with Crippen LogP contribution in [0.15, 0.2) is 158 Å². The zero-order chi connectivity index (χ0) is 32.8. The van der Waals surface area contributed by atoms with E-state index in [4.69, 9.17) is 4.98 Å². The largest absolute Gasteiger partial charge is 0.309 e. The highest BCUT2D eigenvalue weighted by molar-refractivity contribution is 7.18. The Hall–Kier alpha value is -6.17. The molecule has 236 valence electrons. The van der Waals surface area contributed by atoms with E-state index >= 15 is 0 Å². The topological polar surface area (TPSA) is 27.7 Å². The van der Waals surface area contributed by atoms with Crippen LogP contribution in [0.4, 0.5) is 0 Å². The molecule has 5 heteroatoms. The zero-order valence-corrected chi connectivity index (χ0v) is 27.9. The van der Waals surface area contributed by atoms with Gasteiger partial charge in [0.15, 0.2) is 0 Å². The zero-order valence-electron chi connectivity index (χ0n) is 27.1. The van der Waals surface area contributed by atoms with Gasteiger partial charge >= 0.3 is 0 Å². The van der Waals surface area contributed by atoms with E-state index in [1.54, 1.807) is 0 Å². The first-order chi connectivity index (χ1) is 24.8. The van der Waals surface area contributed by atoms with Crippen molar-refractivity contribution in [2.75, 3.05) is 0 Å². The Labute approximate surface area is 292 Å². The van der Waals surface area contributed by atoms with Gasteiger partial charge in [0, 0.05) is 49.4 Å². The molecule has 50 heavy (non-hydrogen) atoms. The fourth-order valence-electron chi connectivity index (χ4n) is 8.23. The predicted molar refractivity (Wildman–Crippen MR) is 212 cm³/mol. The first kappa shape index (κ1) is 27.7. The van der Waals surface area contributed by atoms with Crippen LogP contribution in [-0.2, 0) is 0 Å². The lowest BCUT2D eigenvalue weighted by Crippen LogP contribution is -1.97. The van der Waals surface area contributed by atoms with Crippen molar-refractivity contribution >= 4 is 82.6 Å². The molecule has 10 aromatic rings. The number of thiophene rings is 1. The SMILES string of the molecule is C1=CC(n2c3cccnc3c3ccc4c(c5ccccc5n4-c4ccc(-c5ccc6c(c5)c5ccccc5n6-c5ccccc5)s4)c32)=CCC1. The van der Waals surface area contributed by atoms with Gasteiger partial charge in [-0.2, -0.15) is 0 Å². The Kier molecular flexibility index (Phi) is 5.92. The minimum absolute atomic E-state index is 1.04. The minimum atomic E-state index is 1.04. The average Bonchev–Trinajstić information content (AvgIpc) is 3.95. The van der Waals surface area contributed by atoms with Crippen molar-refractivity contribution in [2.45, 2.75) is 12.8 Å². The molecule has 0 spiro atoms. The molecule has 0 saturated heterocycles. The van der Waals surface area contributed by atoms with Gasteiger partial charge in [0.25, 0.3) is 0 Å². The molecule has 0 unspecified atom stereocenters. The van der Waals surface area contributed by atoms with Crippen molar-refractivity contribution in [3.05, 3.63) is 158 Å². The van der Waals surface area contributed by atoms with E-state index < -0.39 is 0 Å². The first-order valence-electron chi connectivity index (χ1n) is 17.2. The highest BCUT2D eigenvalue weighted by Crippen LogP contribution is 2.44. The quantitative estimate of drug-likeness (QED) is 0.185. The molecule has 0 fully saturated rings. The minimum Gasteiger partial charge on any atom is -0.309 e. The summed E-state index contributed by atoms with van der Waals surface area (Å²) in [6.45, 7) is 0. The summed E-state index contributed by atoms with van der Waals surface area (Å²) in [5.41, 5.74) is 11.9. The summed E-state index contributed by atoms with van der Waals surface area (Å²) >= 11 is 1.85. The van der Waals surface area contributed by atoms with Crippen LogP contribution >= 0.6 is 11.3 Å². The maximum atomic E-state index is 4.89. The molecule has 5 heterocycles. The number of para-hydroxylation sites is 3. The number of fused-ring (bicyclic) bond motifs is 10. The fraction of sp³-hybridized carbons (Fsp3) is 0.0444. The van der Waals surface area contributed by atoms with Gasteiger partial charge in [-0.1, -0.05) is 72.8 Å². The number of aromatic nitrogens is 4. The molecular weight excluding hydrogens is 629 g/mol. The summed E-state index contributed by atoms with van der Waals surface area (Å²) in [5.74, 6) is 0. The molecule has 5 aromatic carbocycles. The van der Waals surface area contributed by atoms with E-state index in [1.165, 1.54) is 81.3 Å². The molecule has 0 amide bonds. The maximum absolute atomic E-state index is 4.89. The lowest BCUT2D eigenvalue weighted by molar-refractivity contribution is 1.02. The molecule has 4 nitrogen and oxygen atoms in total. The van der Waals surface area contributed by atoms with Gasteiger partial charge in [0.2, 0.25) is 0 Å². The van der Waals surface area contributed by atoms with Crippen molar-refractivity contribution in [2.24, 2.45) is 0 Å². The summed E-state index contributed by atoms with van der Waals surface area (Å²) < 4.78 is 7.27. The van der Waals surface area contributed by atoms with E-state index in [0.717, 1.165) is 23.9 Å². The third-order valence-corrected chi connectivity index (χ3v) is 11.5. The maximum Gasteiger partial charge on any atom is 0.101 e. The Morgan fingerprint density at radius 3 is 2.16 bits per heavy atom. The Balaban J connectivity index is 1.13. The molecule has 0 atom stereocenters. The molecule has 11 rings (SSSR count). The van der Waals surface area contributed by atoms with Gasteiger partial charge in [-0.15, -0.1) is 11.3 Å². The van der Waals surface area contributed by atoms with E-state index in [9.17, 15) is 0 Å². The van der Waals surface area contributed by atoms with Crippen LogP contribution in [0.25, 0.3) is 92.4 Å². The van der Waals surface area contributed by atoms with Crippen LogP contribution in [0.2, 0.25) is 0 Å². The van der Waals surface area contributed by atoms with Crippen LogP contribution in [0, 0.1) is 0 Å². The van der Waals surface area contributed by atoms with E-state index in [-0.39, 0.29) is 0 Å². The van der Waals surface area contributed by atoms with Crippen molar-refractivity contribution in [1.29, 1.82) is 0 Å². The monoisotopic (exact) mass is 658 g/mol. The van der Waals surface area contributed by atoms with E-state index in [1.807, 2.05) is 17.5 Å².